The lowest BCUT2D eigenvalue weighted by molar-refractivity contribution is -0.116. The molecular weight excluding hydrogens is 349 g/mol. The molecule has 1 aliphatic rings. The number of nitrogens with one attached hydrogen (secondary N) is 1. The number of halogens is 2. The topological polar surface area (TPSA) is 67.6 Å². The minimum atomic E-state index is 0. The third-order valence-corrected chi connectivity index (χ3v) is 3.79. The van der Waals surface area contributed by atoms with Crippen LogP contribution < -0.4 is 11.1 Å². The first kappa shape index (κ1) is 23.1. The van der Waals surface area contributed by atoms with Gasteiger partial charge in [-0.3, -0.25) is 9.69 Å². The van der Waals surface area contributed by atoms with Crippen LogP contribution in [0.3, 0.4) is 0 Å². The lowest BCUT2D eigenvalue weighted by atomic mass is 10.1. The SMILES string of the molecule is CC1CN(Cc2ccccc2NC(=O)CCCN)CC(C)O1.Cl.Cl. The van der Waals surface area contributed by atoms with Crippen LogP contribution in [0.15, 0.2) is 24.3 Å². The van der Waals surface area contributed by atoms with Crippen LogP contribution in [0.2, 0.25) is 0 Å². The molecule has 1 amide bonds. The zero-order valence-corrected chi connectivity index (χ0v) is 16.0. The second-order valence-electron chi connectivity index (χ2n) is 6.05. The number of morpholine rings is 1. The van der Waals surface area contributed by atoms with Crippen LogP contribution in [0, 0.1) is 0 Å². The van der Waals surface area contributed by atoms with Gasteiger partial charge in [0.15, 0.2) is 0 Å². The summed E-state index contributed by atoms with van der Waals surface area (Å²) in [5, 5.41) is 3.00. The second kappa shape index (κ2) is 11.7. The molecule has 0 saturated carbocycles. The molecule has 1 fully saturated rings. The number of carbonyl (C=O) groups is 1. The van der Waals surface area contributed by atoms with Gasteiger partial charge in [-0.15, -0.1) is 24.8 Å². The van der Waals surface area contributed by atoms with Crippen molar-refractivity contribution in [2.24, 2.45) is 5.73 Å². The quantitative estimate of drug-likeness (QED) is 0.799. The fourth-order valence-corrected chi connectivity index (χ4v) is 2.91. The fourth-order valence-electron chi connectivity index (χ4n) is 2.91. The van der Waals surface area contributed by atoms with Gasteiger partial charge in [0.25, 0.3) is 0 Å². The lowest BCUT2D eigenvalue weighted by Crippen LogP contribution is -2.44. The Morgan fingerprint density at radius 3 is 2.50 bits per heavy atom. The van der Waals surface area contributed by atoms with Crippen molar-refractivity contribution in [3.8, 4) is 0 Å². The zero-order chi connectivity index (χ0) is 15.9. The van der Waals surface area contributed by atoms with Crippen molar-refractivity contribution in [2.75, 3.05) is 25.0 Å². The van der Waals surface area contributed by atoms with Gasteiger partial charge in [0.1, 0.15) is 0 Å². The van der Waals surface area contributed by atoms with E-state index in [1.807, 2.05) is 18.2 Å². The van der Waals surface area contributed by atoms with Crippen LogP contribution in [0.5, 0.6) is 0 Å². The van der Waals surface area contributed by atoms with E-state index < -0.39 is 0 Å². The van der Waals surface area contributed by atoms with E-state index in [-0.39, 0.29) is 42.9 Å². The van der Waals surface area contributed by atoms with Crippen molar-refractivity contribution in [1.82, 2.24) is 4.90 Å². The van der Waals surface area contributed by atoms with Gasteiger partial charge < -0.3 is 15.8 Å². The normalized spacial score (nSPS) is 20.6. The van der Waals surface area contributed by atoms with E-state index >= 15 is 0 Å². The summed E-state index contributed by atoms with van der Waals surface area (Å²) in [6, 6.07) is 8.00. The highest BCUT2D eigenvalue weighted by atomic mass is 35.5. The highest BCUT2D eigenvalue weighted by molar-refractivity contribution is 5.91. The number of rotatable bonds is 6. The van der Waals surface area contributed by atoms with Gasteiger partial charge in [0.2, 0.25) is 5.91 Å². The molecule has 0 spiro atoms. The maximum absolute atomic E-state index is 11.9. The summed E-state index contributed by atoms with van der Waals surface area (Å²) in [4.78, 5) is 14.3. The summed E-state index contributed by atoms with van der Waals surface area (Å²) in [6.07, 6.45) is 1.67. The second-order valence-corrected chi connectivity index (χ2v) is 6.05. The first-order chi connectivity index (χ1) is 10.6. The van der Waals surface area contributed by atoms with Gasteiger partial charge >= 0.3 is 0 Å². The highest BCUT2D eigenvalue weighted by Crippen LogP contribution is 2.20. The van der Waals surface area contributed by atoms with Crippen LogP contribution >= 0.6 is 24.8 Å². The third kappa shape index (κ3) is 7.36. The van der Waals surface area contributed by atoms with Crippen molar-refractivity contribution in [1.29, 1.82) is 0 Å². The summed E-state index contributed by atoms with van der Waals surface area (Å²) in [6.45, 7) is 7.40. The molecule has 1 aromatic carbocycles. The number of nitrogens with two attached hydrogens (primary N) is 1. The minimum absolute atomic E-state index is 0. The zero-order valence-electron chi connectivity index (χ0n) is 14.4. The predicted molar refractivity (Wildman–Crippen MR) is 103 cm³/mol. The first-order valence-electron chi connectivity index (χ1n) is 8.04. The number of hydrogen-bond acceptors (Lipinski definition) is 4. The molecule has 0 radical (unpaired) electrons. The summed E-state index contributed by atoms with van der Waals surface area (Å²) in [5.41, 5.74) is 7.49. The number of para-hydroxylation sites is 1. The fraction of sp³-hybridized carbons (Fsp3) is 0.588. The largest absolute Gasteiger partial charge is 0.373 e. The van der Waals surface area contributed by atoms with Crippen LogP contribution in [-0.4, -0.2) is 42.6 Å². The molecular formula is C17H29Cl2N3O2. The Kier molecular flexibility index (Phi) is 11.2. The van der Waals surface area contributed by atoms with Crippen molar-refractivity contribution < 1.29 is 9.53 Å². The predicted octanol–water partition coefficient (Wildman–Crippen LogP) is 2.82. The lowest BCUT2D eigenvalue weighted by Gasteiger charge is -2.35. The Bertz CT molecular complexity index is 492. The van der Waals surface area contributed by atoms with Crippen molar-refractivity contribution >= 4 is 36.4 Å². The Hall–Kier alpha value is -0.850. The van der Waals surface area contributed by atoms with Crippen LogP contribution in [-0.2, 0) is 16.1 Å². The Labute approximate surface area is 157 Å². The summed E-state index contributed by atoms with van der Waals surface area (Å²) >= 11 is 0. The number of nitrogens with zero attached hydrogens (tertiary/aromatic N) is 1. The molecule has 1 saturated heterocycles. The summed E-state index contributed by atoms with van der Waals surface area (Å²) < 4.78 is 5.77. The highest BCUT2D eigenvalue weighted by Gasteiger charge is 2.22. The van der Waals surface area contributed by atoms with Gasteiger partial charge in [-0.05, 0) is 38.4 Å². The standard InChI is InChI=1S/C17H27N3O2.2ClH/c1-13-10-20(11-14(2)22-13)12-15-6-3-4-7-16(15)19-17(21)8-5-9-18;;/h3-4,6-7,13-14H,5,8-12,18H2,1-2H3,(H,19,21);2*1H. The average Bonchev–Trinajstić information content (AvgIpc) is 2.46. The molecule has 5 nitrogen and oxygen atoms in total. The van der Waals surface area contributed by atoms with Gasteiger partial charge in [-0.2, -0.15) is 0 Å². The van der Waals surface area contributed by atoms with Gasteiger partial charge in [-0.25, -0.2) is 0 Å². The first-order valence-corrected chi connectivity index (χ1v) is 8.04. The van der Waals surface area contributed by atoms with E-state index in [1.165, 1.54) is 0 Å². The molecule has 0 aromatic heterocycles. The number of ether oxygens (including phenoxy) is 1. The van der Waals surface area contributed by atoms with Crippen LogP contribution in [0.25, 0.3) is 0 Å². The van der Waals surface area contributed by atoms with E-state index in [0.29, 0.717) is 19.4 Å². The maximum Gasteiger partial charge on any atom is 0.224 e. The van der Waals surface area contributed by atoms with Crippen molar-refractivity contribution in [3.63, 3.8) is 0 Å². The monoisotopic (exact) mass is 377 g/mol. The third-order valence-electron chi connectivity index (χ3n) is 3.79. The van der Waals surface area contributed by atoms with E-state index in [4.69, 9.17) is 10.5 Å². The number of benzene rings is 1. The average molecular weight is 378 g/mol. The maximum atomic E-state index is 11.9. The molecule has 1 aliphatic heterocycles. The van der Waals surface area contributed by atoms with E-state index in [9.17, 15) is 4.79 Å². The molecule has 1 aromatic rings. The molecule has 2 rings (SSSR count). The molecule has 2 unspecified atom stereocenters. The van der Waals surface area contributed by atoms with Crippen LogP contribution in [0.4, 0.5) is 5.69 Å². The van der Waals surface area contributed by atoms with E-state index in [1.54, 1.807) is 0 Å². The number of hydrogen-bond donors (Lipinski definition) is 2. The van der Waals surface area contributed by atoms with Crippen molar-refractivity contribution in [3.05, 3.63) is 29.8 Å². The van der Waals surface area contributed by atoms with Crippen molar-refractivity contribution in [2.45, 2.75) is 45.4 Å². The molecule has 2 atom stereocenters. The Balaban J connectivity index is 0.00000264. The minimum Gasteiger partial charge on any atom is -0.373 e. The van der Waals surface area contributed by atoms with Gasteiger partial charge in [0, 0.05) is 31.7 Å². The molecule has 0 aliphatic carbocycles. The van der Waals surface area contributed by atoms with Crippen LogP contribution in [0.1, 0.15) is 32.3 Å². The molecule has 1 heterocycles. The Morgan fingerprint density at radius 1 is 1.25 bits per heavy atom. The molecule has 138 valence electrons. The number of carbonyl (C=O) groups excluding carboxylic acids is 1. The van der Waals surface area contributed by atoms with Gasteiger partial charge in [0.05, 0.1) is 12.2 Å². The molecule has 7 heteroatoms. The van der Waals surface area contributed by atoms with E-state index in [2.05, 4.69) is 30.1 Å². The Morgan fingerprint density at radius 2 is 1.88 bits per heavy atom. The molecule has 24 heavy (non-hydrogen) atoms. The van der Waals surface area contributed by atoms with E-state index in [0.717, 1.165) is 30.9 Å². The summed E-state index contributed by atoms with van der Waals surface area (Å²) in [7, 11) is 0. The smallest absolute Gasteiger partial charge is 0.224 e. The molecule has 3 N–H and O–H groups in total. The summed E-state index contributed by atoms with van der Waals surface area (Å²) in [5.74, 6) is 0.0293. The number of amides is 1. The molecule has 0 bridgehead atoms. The number of anilines is 1. The van der Waals surface area contributed by atoms with Gasteiger partial charge in [-0.1, -0.05) is 18.2 Å².